The highest BCUT2D eigenvalue weighted by Gasteiger charge is 2.16. The first-order valence-corrected chi connectivity index (χ1v) is 6.05. The van der Waals surface area contributed by atoms with Gasteiger partial charge in [-0.3, -0.25) is 0 Å². The molecule has 0 radical (unpaired) electrons. The van der Waals surface area contributed by atoms with E-state index >= 15 is 0 Å². The van der Waals surface area contributed by atoms with E-state index in [1.165, 1.54) is 6.92 Å². The van der Waals surface area contributed by atoms with Gasteiger partial charge in [-0.25, -0.2) is 13.1 Å². The third-order valence-electron chi connectivity index (χ3n) is 1.68. The minimum Gasteiger partial charge on any atom is -0.409 e. The SMILES string of the molecule is CCCCS(=O)(=O)NC(C)/C(N)=N/O. The first-order valence-electron chi connectivity index (χ1n) is 4.40. The van der Waals surface area contributed by atoms with Crippen molar-refractivity contribution < 1.29 is 13.6 Å². The normalized spacial score (nSPS) is 15.4. The second kappa shape index (κ2) is 5.82. The van der Waals surface area contributed by atoms with Crippen LogP contribution in [0.25, 0.3) is 0 Å². The lowest BCUT2D eigenvalue weighted by atomic mass is 10.3. The van der Waals surface area contributed by atoms with E-state index in [4.69, 9.17) is 10.9 Å². The van der Waals surface area contributed by atoms with Gasteiger partial charge in [-0.15, -0.1) is 0 Å². The van der Waals surface area contributed by atoms with Crippen LogP contribution in [0.15, 0.2) is 5.16 Å². The van der Waals surface area contributed by atoms with E-state index in [0.717, 1.165) is 6.42 Å². The Labute approximate surface area is 84.2 Å². The van der Waals surface area contributed by atoms with Crippen LogP contribution < -0.4 is 10.5 Å². The Morgan fingerprint density at radius 2 is 2.21 bits per heavy atom. The molecule has 0 aromatic rings. The second-order valence-electron chi connectivity index (χ2n) is 3.04. The topological polar surface area (TPSA) is 105 Å². The zero-order valence-electron chi connectivity index (χ0n) is 8.40. The van der Waals surface area contributed by atoms with Gasteiger partial charge in [0, 0.05) is 0 Å². The molecular formula is C7H17N3O3S. The summed E-state index contributed by atoms with van der Waals surface area (Å²) in [5, 5.41) is 11.0. The summed E-state index contributed by atoms with van der Waals surface area (Å²) in [6, 6.07) is -0.679. The van der Waals surface area contributed by atoms with Gasteiger partial charge in [0.05, 0.1) is 11.8 Å². The first kappa shape index (κ1) is 13.2. The summed E-state index contributed by atoms with van der Waals surface area (Å²) < 4.78 is 24.9. The molecule has 84 valence electrons. The lowest BCUT2D eigenvalue weighted by molar-refractivity contribution is 0.316. The van der Waals surface area contributed by atoms with E-state index in [0.29, 0.717) is 6.42 Å². The molecule has 0 saturated heterocycles. The van der Waals surface area contributed by atoms with Crippen molar-refractivity contribution in [1.29, 1.82) is 0 Å². The van der Waals surface area contributed by atoms with Gasteiger partial charge in [0.15, 0.2) is 5.84 Å². The summed E-state index contributed by atoms with van der Waals surface area (Å²) in [5.41, 5.74) is 5.23. The number of sulfonamides is 1. The van der Waals surface area contributed by atoms with Crippen molar-refractivity contribution in [2.24, 2.45) is 10.9 Å². The number of oxime groups is 1. The molecule has 6 nitrogen and oxygen atoms in total. The minimum atomic E-state index is -3.32. The summed E-state index contributed by atoms with van der Waals surface area (Å²) in [6.45, 7) is 3.42. The van der Waals surface area contributed by atoms with Crippen molar-refractivity contribution in [1.82, 2.24) is 4.72 Å². The molecule has 0 spiro atoms. The molecule has 0 aliphatic carbocycles. The van der Waals surface area contributed by atoms with Gasteiger partial charge in [-0.05, 0) is 13.3 Å². The smallest absolute Gasteiger partial charge is 0.212 e. The first-order chi connectivity index (χ1) is 6.43. The maximum Gasteiger partial charge on any atom is 0.212 e. The fourth-order valence-electron chi connectivity index (χ4n) is 0.810. The number of nitrogens with zero attached hydrogens (tertiary/aromatic N) is 1. The number of nitrogens with two attached hydrogens (primary N) is 1. The predicted octanol–water partition coefficient (Wildman–Crippen LogP) is -0.159. The molecule has 0 saturated carbocycles. The molecule has 0 bridgehead atoms. The van der Waals surface area contributed by atoms with Crippen molar-refractivity contribution in [3.8, 4) is 0 Å². The third-order valence-corrected chi connectivity index (χ3v) is 3.22. The molecule has 0 heterocycles. The average Bonchev–Trinajstić information content (AvgIpc) is 2.12. The number of nitrogens with one attached hydrogen (secondary N) is 1. The molecule has 0 fully saturated rings. The molecule has 1 atom stereocenters. The van der Waals surface area contributed by atoms with Gasteiger partial charge in [0.1, 0.15) is 0 Å². The number of unbranched alkanes of at least 4 members (excludes halogenated alkanes) is 1. The van der Waals surface area contributed by atoms with Crippen molar-refractivity contribution in [2.75, 3.05) is 5.75 Å². The van der Waals surface area contributed by atoms with E-state index in [-0.39, 0.29) is 11.6 Å². The van der Waals surface area contributed by atoms with Crippen LogP contribution in [-0.4, -0.2) is 31.3 Å². The predicted molar refractivity (Wildman–Crippen MR) is 54.7 cm³/mol. The Bertz CT molecular complexity index is 287. The zero-order valence-corrected chi connectivity index (χ0v) is 9.21. The highest BCUT2D eigenvalue weighted by atomic mass is 32.2. The Kier molecular flexibility index (Phi) is 5.47. The molecule has 0 aliphatic rings. The lowest BCUT2D eigenvalue weighted by Gasteiger charge is -2.11. The van der Waals surface area contributed by atoms with Gasteiger partial charge in [-0.1, -0.05) is 18.5 Å². The summed E-state index contributed by atoms with van der Waals surface area (Å²) in [7, 11) is -3.32. The number of hydrogen-bond acceptors (Lipinski definition) is 4. The van der Waals surface area contributed by atoms with E-state index in [1.807, 2.05) is 6.92 Å². The molecule has 14 heavy (non-hydrogen) atoms. The Balaban J connectivity index is 4.23. The molecular weight excluding hydrogens is 206 g/mol. The Morgan fingerprint density at radius 1 is 1.64 bits per heavy atom. The van der Waals surface area contributed by atoms with E-state index in [1.54, 1.807) is 0 Å². The third kappa shape index (κ3) is 5.03. The van der Waals surface area contributed by atoms with Crippen LogP contribution in [0.4, 0.5) is 0 Å². The molecule has 0 aliphatic heterocycles. The molecule has 0 amide bonds. The molecule has 7 heteroatoms. The summed E-state index contributed by atoms with van der Waals surface area (Å²) in [5.74, 6) is -0.0860. The monoisotopic (exact) mass is 223 g/mol. The van der Waals surface area contributed by atoms with Crippen LogP contribution in [0.1, 0.15) is 26.7 Å². The van der Waals surface area contributed by atoms with Crippen LogP contribution in [-0.2, 0) is 10.0 Å². The summed E-state index contributed by atoms with van der Waals surface area (Å²) in [6.07, 6.45) is 1.40. The number of hydrogen-bond donors (Lipinski definition) is 3. The molecule has 1 unspecified atom stereocenters. The average molecular weight is 223 g/mol. The highest BCUT2D eigenvalue weighted by molar-refractivity contribution is 7.89. The standard InChI is InChI=1S/C7H17N3O3S/c1-3-4-5-14(12,13)10-6(2)7(8)9-11/h6,10-11H,3-5H2,1-2H3,(H2,8,9). The van der Waals surface area contributed by atoms with Crippen molar-refractivity contribution >= 4 is 15.9 Å². The van der Waals surface area contributed by atoms with Gasteiger partial charge in [0.25, 0.3) is 0 Å². The van der Waals surface area contributed by atoms with Crippen LogP contribution in [0.5, 0.6) is 0 Å². The van der Waals surface area contributed by atoms with Crippen LogP contribution in [0.3, 0.4) is 0 Å². The van der Waals surface area contributed by atoms with Crippen molar-refractivity contribution in [2.45, 2.75) is 32.7 Å². The van der Waals surface area contributed by atoms with Crippen molar-refractivity contribution in [3.63, 3.8) is 0 Å². The van der Waals surface area contributed by atoms with Gasteiger partial charge >= 0.3 is 0 Å². The lowest BCUT2D eigenvalue weighted by Crippen LogP contribution is -2.43. The zero-order chi connectivity index (χ0) is 11.2. The Hall–Kier alpha value is -0.820. The second-order valence-corrected chi connectivity index (χ2v) is 4.91. The van der Waals surface area contributed by atoms with Gasteiger partial charge in [0.2, 0.25) is 10.0 Å². The molecule has 0 aromatic carbocycles. The maximum absolute atomic E-state index is 11.3. The van der Waals surface area contributed by atoms with Gasteiger partial charge in [-0.2, -0.15) is 0 Å². The van der Waals surface area contributed by atoms with E-state index in [2.05, 4.69) is 9.88 Å². The largest absolute Gasteiger partial charge is 0.409 e. The van der Waals surface area contributed by atoms with E-state index < -0.39 is 16.1 Å². The van der Waals surface area contributed by atoms with Crippen LogP contribution >= 0.6 is 0 Å². The fourth-order valence-corrected chi connectivity index (χ4v) is 2.26. The van der Waals surface area contributed by atoms with E-state index in [9.17, 15) is 8.42 Å². The molecule has 4 N–H and O–H groups in total. The molecule has 0 aromatic heterocycles. The van der Waals surface area contributed by atoms with Gasteiger partial charge < -0.3 is 10.9 Å². The number of rotatable bonds is 6. The van der Waals surface area contributed by atoms with Crippen LogP contribution in [0.2, 0.25) is 0 Å². The quantitative estimate of drug-likeness (QED) is 0.252. The highest BCUT2D eigenvalue weighted by Crippen LogP contribution is 1.95. The van der Waals surface area contributed by atoms with Crippen LogP contribution in [0, 0.1) is 0 Å². The number of amidine groups is 1. The Morgan fingerprint density at radius 3 is 2.64 bits per heavy atom. The summed E-state index contributed by atoms with van der Waals surface area (Å²) >= 11 is 0. The molecule has 0 rings (SSSR count). The minimum absolute atomic E-state index is 0.0621. The maximum atomic E-state index is 11.3. The van der Waals surface area contributed by atoms with Crippen molar-refractivity contribution in [3.05, 3.63) is 0 Å². The summed E-state index contributed by atoms with van der Waals surface area (Å²) in [4.78, 5) is 0. The fraction of sp³-hybridized carbons (Fsp3) is 0.857.